The highest BCUT2D eigenvalue weighted by Gasteiger charge is 2.29. The van der Waals surface area contributed by atoms with E-state index in [0.29, 0.717) is 30.0 Å². The molecule has 0 amide bonds. The fourth-order valence-electron chi connectivity index (χ4n) is 4.22. The van der Waals surface area contributed by atoms with Crippen molar-refractivity contribution in [2.75, 3.05) is 32.3 Å². The van der Waals surface area contributed by atoms with Crippen LogP contribution in [-0.4, -0.2) is 59.1 Å². The number of aromatic carboxylic acids is 1. The van der Waals surface area contributed by atoms with Gasteiger partial charge in [0.05, 0.1) is 38.8 Å². The summed E-state index contributed by atoms with van der Waals surface area (Å²) < 4.78 is 27.2. The normalized spacial score (nSPS) is 15.8. The van der Waals surface area contributed by atoms with Crippen molar-refractivity contribution in [3.63, 3.8) is 0 Å². The van der Waals surface area contributed by atoms with E-state index in [2.05, 4.69) is 4.98 Å². The van der Waals surface area contributed by atoms with Crippen molar-refractivity contribution in [1.82, 2.24) is 9.55 Å². The van der Waals surface area contributed by atoms with E-state index < -0.39 is 22.8 Å². The highest BCUT2D eigenvalue weighted by Crippen LogP contribution is 2.30. The molecule has 10 heteroatoms. The molecule has 1 saturated heterocycles. The maximum absolute atomic E-state index is 15.0. The molecule has 1 fully saturated rings. The second kappa shape index (κ2) is 9.07. The van der Waals surface area contributed by atoms with Crippen molar-refractivity contribution in [1.29, 1.82) is 0 Å². The lowest BCUT2D eigenvalue weighted by molar-refractivity contribution is 0.0695. The number of aromatic nitrogens is 2. The van der Waals surface area contributed by atoms with E-state index in [9.17, 15) is 19.8 Å². The number of aliphatic hydroxyl groups is 1. The molecule has 174 valence electrons. The van der Waals surface area contributed by atoms with Gasteiger partial charge < -0.3 is 29.2 Å². The number of carboxylic acid groups (broad SMARTS) is 1. The average Bonchev–Trinajstić information content (AvgIpc) is 3.29. The molecule has 9 nitrogen and oxygen atoms in total. The molecule has 0 aliphatic carbocycles. The number of aliphatic hydroxyl groups excluding tert-OH is 1. The molecule has 2 N–H and O–H groups in total. The van der Waals surface area contributed by atoms with Crippen LogP contribution in [0, 0.1) is 5.82 Å². The molecule has 1 aliphatic rings. The first-order valence-corrected chi connectivity index (χ1v) is 10.4. The summed E-state index contributed by atoms with van der Waals surface area (Å²) in [6.07, 6.45) is 2.68. The Labute approximate surface area is 188 Å². The van der Waals surface area contributed by atoms with Crippen molar-refractivity contribution < 1.29 is 28.9 Å². The Kier molecular flexibility index (Phi) is 6.19. The molecule has 4 rings (SSSR count). The standard InChI is InChI=1S/C23H24FN3O6/c1-32-15-6-5-13(19(8-15)33-2)10-26-11-17(23(30)31)20(29)16-9-18(24)22(25-21(16)26)27-7-3-4-14(27)12-28/h5-6,8-9,11,14,28H,3-4,7,10,12H2,1-2H3,(H,30,31)/t14-/m1/s1. The first kappa shape index (κ1) is 22.5. The number of halogens is 1. The van der Waals surface area contributed by atoms with Gasteiger partial charge in [0.25, 0.3) is 0 Å². The third-order valence-electron chi connectivity index (χ3n) is 5.91. The lowest BCUT2D eigenvalue weighted by Crippen LogP contribution is -2.34. The summed E-state index contributed by atoms with van der Waals surface area (Å²) in [5.41, 5.74) is -0.476. The van der Waals surface area contributed by atoms with E-state index in [0.717, 1.165) is 12.5 Å². The van der Waals surface area contributed by atoms with Crippen LogP contribution in [0.2, 0.25) is 0 Å². The Morgan fingerprint density at radius 2 is 2.06 bits per heavy atom. The van der Waals surface area contributed by atoms with E-state index >= 15 is 4.39 Å². The zero-order valence-corrected chi connectivity index (χ0v) is 18.2. The van der Waals surface area contributed by atoms with E-state index in [-0.39, 0.29) is 36.0 Å². The molecule has 1 atom stereocenters. The SMILES string of the molecule is COc1ccc(Cn2cc(C(=O)O)c(=O)c3cc(F)c(N4CCC[C@@H]4CO)nc32)c(OC)c1. The van der Waals surface area contributed by atoms with Gasteiger partial charge in [-0.1, -0.05) is 0 Å². The molecule has 1 aliphatic heterocycles. The molecule has 0 saturated carbocycles. The predicted molar refractivity (Wildman–Crippen MR) is 119 cm³/mol. The average molecular weight is 457 g/mol. The Bertz CT molecular complexity index is 1280. The molecule has 1 aromatic carbocycles. The van der Waals surface area contributed by atoms with Gasteiger partial charge in [-0.05, 0) is 31.0 Å². The summed E-state index contributed by atoms with van der Waals surface area (Å²) in [6.45, 7) is 0.489. The second-order valence-corrected chi connectivity index (χ2v) is 7.82. The number of carbonyl (C=O) groups is 1. The van der Waals surface area contributed by atoms with Crippen molar-refractivity contribution in [2.45, 2.75) is 25.4 Å². The fraction of sp³-hybridized carbons (Fsp3) is 0.348. The number of hydrogen-bond donors (Lipinski definition) is 2. The fourth-order valence-corrected chi connectivity index (χ4v) is 4.22. The highest BCUT2D eigenvalue weighted by molar-refractivity contribution is 5.92. The van der Waals surface area contributed by atoms with Crippen molar-refractivity contribution in [3.8, 4) is 11.5 Å². The number of anilines is 1. The van der Waals surface area contributed by atoms with Crippen LogP contribution in [-0.2, 0) is 6.54 Å². The zero-order valence-electron chi connectivity index (χ0n) is 18.2. The maximum Gasteiger partial charge on any atom is 0.341 e. The topological polar surface area (TPSA) is 114 Å². The minimum Gasteiger partial charge on any atom is -0.497 e. The maximum atomic E-state index is 15.0. The van der Waals surface area contributed by atoms with Gasteiger partial charge in [-0.25, -0.2) is 14.2 Å². The molecule has 0 radical (unpaired) electrons. The van der Waals surface area contributed by atoms with E-state index in [1.165, 1.54) is 25.0 Å². The van der Waals surface area contributed by atoms with Gasteiger partial charge in [0.1, 0.15) is 22.7 Å². The van der Waals surface area contributed by atoms with Crippen molar-refractivity contribution in [3.05, 3.63) is 57.6 Å². The number of carboxylic acids is 1. The quantitative estimate of drug-likeness (QED) is 0.555. The lowest BCUT2D eigenvalue weighted by Gasteiger charge is -2.25. The third-order valence-corrected chi connectivity index (χ3v) is 5.91. The van der Waals surface area contributed by atoms with Crippen LogP contribution in [0.3, 0.4) is 0 Å². The van der Waals surface area contributed by atoms with E-state index in [1.54, 1.807) is 23.1 Å². The van der Waals surface area contributed by atoms with E-state index in [1.807, 2.05) is 0 Å². The number of benzene rings is 1. The van der Waals surface area contributed by atoms with Crippen LogP contribution in [0.15, 0.2) is 35.3 Å². The Balaban J connectivity index is 1.92. The van der Waals surface area contributed by atoms with Gasteiger partial charge in [-0.15, -0.1) is 0 Å². The molecule has 0 spiro atoms. The molecular formula is C23H24FN3O6. The summed E-state index contributed by atoms with van der Waals surface area (Å²) in [6, 6.07) is 5.93. The number of pyridine rings is 2. The largest absolute Gasteiger partial charge is 0.497 e. The van der Waals surface area contributed by atoms with Gasteiger partial charge >= 0.3 is 5.97 Å². The summed E-state index contributed by atoms with van der Waals surface area (Å²) in [5.74, 6) is -1.05. The Morgan fingerprint density at radius 3 is 2.73 bits per heavy atom. The molecular weight excluding hydrogens is 433 g/mol. The summed E-state index contributed by atoms with van der Waals surface area (Å²) >= 11 is 0. The van der Waals surface area contributed by atoms with Gasteiger partial charge in [0, 0.05) is 24.4 Å². The minimum atomic E-state index is -1.42. The molecule has 3 heterocycles. The number of fused-ring (bicyclic) bond motifs is 1. The smallest absolute Gasteiger partial charge is 0.341 e. The van der Waals surface area contributed by atoms with Gasteiger partial charge in [-0.3, -0.25) is 4.79 Å². The van der Waals surface area contributed by atoms with E-state index in [4.69, 9.17) is 9.47 Å². The van der Waals surface area contributed by atoms with Crippen LogP contribution in [0.4, 0.5) is 10.2 Å². The molecule has 2 aromatic heterocycles. The van der Waals surface area contributed by atoms with Gasteiger partial charge in [-0.2, -0.15) is 0 Å². The second-order valence-electron chi connectivity index (χ2n) is 7.82. The van der Waals surface area contributed by atoms with Crippen molar-refractivity contribution in [2.24, 2.45) is 0 Å². The Morgan fingerprint density at radius 1 is 1.27 bits per heavy atom. The number of hydrogen-bond acceptors (Lipinski definition) is 7. The molecule has 0 unspecified atom stereocenters. The monoisotopic (exact) mass is 457 g/mol. The lowest BCUT2D eigenvalue weighted by atomic mass is 10.1. The number of methoxy groups -OCH3 is 2. The van der Waals surface area contributed by atoms with Crippen LogP contribution < -0.4 is 19.8 Å². The molecule has 33 heavy (non-hydrogen) atoms. The Hall–Kier alpha value is -3.66. The van der Waals surface area contributed by atoms with Crippen LogP contribution in [0.1, 0.15) is 28.8 Å². The summed E-state index contributed by atoms with van der Waals surface area (Å²) in [4.78, 5) is 30.6. The number of ether oxygens (including phenoxy) is 2. The summed E-state index contributed by atoms with van der Waals surface area (Å²) in [5, 5.41) is 19.1. The van der Waals surface area contributed by atoms with Crippen LogP contribution in [0.25, 0.3) is 11.0 Å². The highest BCUT2D eigenvalue weighted by atomic mass is 19.1. The number of rotatable bonds is 7. The molecule has 0 bridgehead atoms. The van der Waals surface area contributed by atoms with Crippen LogP contribution in [0.5, 0.6) is 11.5 Å². The summed E-state index contributed by atoms with van der Waals surface area (Å²) in [7, 11) is 3.03. The first-order valence-electron chi connectivity index (χ1n) is 10.4. The predicted octanol–water partition coefficient (Wildman–Crippen LogP) is 2.26. The van der Waals surface area contributed by atoms with Gasteiger partial charge in [0.2, 0.25) is 5.43 Å². The zero-order chi connectivity index (χ0) is 23.7. The number of nitrogens with zero attached hydrogens (tertiary/aromatic N) is 3. The van der Waals surface area contributed by atoms with Crippen LogP contribution >= 0.6 is 0 Å². The molecule has 3 aromatic rings. The minimum absolute atomic E-state index is 0.0250. The van der Waals surface area contributed by atoms with Gasteiger partial charge in [0.15, 0.2) is 11.6 Å². The van der Waals surface area contributed by atoms with Crippen molar-refractivity contribution >= 4 is 22.8 Å². The third kappa shape index (κ3) is 4.09. The first-order chi connectivity index (χ1) is 15.9.